The summed E-state index contributed by atoms with van der Waals surface area (Å²) in [6, 6.07) is 2.74. The van der Waals surface area contributed by atoms with Crippen molar-refractivity contribution in [2.45, 2.75) is 64.3 Å². The van der Waals surface area contributed by atoms with Crippen LogP contribution in [0.15, 0.2) is 6.07 Å². The summed E-state index contributed by atoms with van der Waals surface area (Å²) in [5, 5.41) is 3.43. The van der Waals surface area contributed by atoms with Crippen molar-refractivity contribution < 1.29 is 0 Å². The maximum atomic E-state index is 4.85. The third-order valence-corrected chi connectivity index (χ3v) is 4.33. The summed E-state index contributed by atoms with van der Waals surface area (Å²) in [6.45, 7) is 6.62. The van der Waals surface area contributed by atoms with Crippen LogP contribution >= 0.6 is 0 Å². The number of piperidine rings is 1. The highest BCUT2D eigenvalue weighted by molar-refractivity contribution is 5.51. The number of nitrogens with zero attached hydrogens (tertiary/aromatic N) is 3. The van der Waals surface area contributed by atoms with E-state index < -0.39 is 0 Å². The zero-order valence-electron chi connectivity index (χ0n) is 12.7. The Balaban J connectivity index is 1.85. The second-order valence-electron chi connectivity index (χ2n) is 6.21. The summed E-state index contributed by atoms with van der Waals surface area (Å²) in [6.07, 6.45) is 7.54. The Morgan fingerprint density at radius 3 is 2.80 bits per heavy atom. The predicted octanol–water partition coefficient (Wildman–Crippen LogP) is 3.55. The molecule has 0 bridgehead atoms. The van der Waals surface area contributed by atoms with Gasteiger partial charge >= 0.3 is 0 Å². The predicted molar refractivity (Wildman–Crippen MR) is 83.4 cm³/mol. The van der Waals surface area contributed by atoms with Crippen LogP contribution in [0.1, 0.15) is 64.1 Å². The summed E-state index contributed by atoms with van der Waals surface area (Å²) < 4.78 is 0. The first kappa shape index (κ1) is 13.7. The molecule has 4 nitrogen and oxygen atoms in total. The van der Waals surface area contributed by atoms with E-state index in [0.29, 0.717) is 12.0 Å². The Labute approximate surface area is 122 Å². The number of anilines is 2. The molecule has 1 aliphatic heterocycles. The lowest BCUT2D eigenvalue weighted by atomic mass is 10.0. The van der Waals surface area contributed by atoms with Crippen LogP contribution < -0.4 is 10.2 Å². The first-order valence-electron chi connectivity index (χ1n) is 8.17. The molecule has 4 heteroatoms. The number of hydrogen-bond donors (Lipinski definition) is 1. The molecule has 2 fully saturated rings. The van der Waals surface area contributed by atoms with Gasteiger partial charge in [0.1, 0.15) is 17.5 Å². The van der Waals surface area contributed by atoms with Gasteiger partial charge in [-0.1, -0.05) is 6.92 Å². The van der Waals surface area contributed by atoms with Crippen molar-refractivity contribution >= 4 is 11.6 Å². The summed E-state index contributed by atoms with van der Waals surface area (Å²) >= 11 is 0. The Morgan fingerprint density at radius 1 is 1.25 bits per heavy atom. The van der Waals surface area contributed by atoms with Crippen LogP contribution in [-0.4, -0.2) is 29.1 Å². The molecule has 2 aliphatic rings. The molecule has 1 unspecified atom stereocenters. The second kappa shape index (κ2) is 5.98. The fourth-order valence-electron chi connectivity index (χ4n) is 2.91. The summed E-state index contributed by atoms with van der Waals surface area (Å²) in [5.74, 6) is 3.81. The molecular weight excluding hydrogens is 248 g/mol. The zero-order valence-corrected chi connectivity index (χ0v) is 12.7. The van der Waals surface area contributed by atoms with E-state index in [2.05, 4.69) is 30.1 Å². The molecule has 1 aromatic heterocycles. The topological polar surface area (TPSA) is 41.0 Å². The molecule has 1 saturated heterocycles. The van der Waals surface area contributed by atoms with Crippen molar-refractivity contribution in [2.24, 2.45) is 0 Å². The molecule has 1 saturated carbocycles. The average Bonchev–Trinajstić information content (AvgIpc) is 3.30. The van der Waals surface area contributed by atoms with Crippen LogP contribution in [0.4, 0.5) is 11.6 Å². The fourth-order valence-corrected chi connectivity index (χ4v) is 2.91. The number of hydrogen-bond acceptors (Lipinski definition) is 4. The van der Waals surface area contributed by atoms with Crippen molar-refractivity contribution in [2.75, 3.05) is 23.3 Å². The molecule has 110 valence electrons. The van der Waals surface area contributed by atoms with E-state index in [1.165, 1.54) is 32.1 Å². The Hall–Kier alpha value is -1.32. The highest BCUT2D eigenvalue weighted by Crippen LogP contribution is 2.39. The van der Waals surface area contributed by atoms with Crippen LogP contribution in [0.2, 0.25) is 0 Å². The molecule has 0 spiro atoms. The first-order chi connectivity index (χ1) is 9.78. The van der Waals surface area contributed by atoms with E-state index in [0.717, 1.165) is 37.0 Å². The molecule has 1 atom stereocenters. The van der Waals surface area contributed by atoms with Crippen molar-refractivity contribution in [1.29, 1.82) is 0 Å². The molecule has 3 rings (SSSR count). The minimum Gasteiger partial charge on any atom is -0.370 e. The highest BCUT2D eigenvalue weighted by atomic mass is 15.2. The van der Waals surface area contributed by atoms with E-state index in [4.69, 9.17) is 9.97 Å². The molecule has 0 amide bonds. The lowest BCUT2D eigenvalue weighted by Gasteiger charge is -2.34. The van der Waals surface area contributed by atoms with Crippen molar-refractivity contribution in [1.82, 2.24) is 9.97 Å². The zero-order chi connectivity index (χ0) is 13.9. The Kier molecular flexibility index (Phi) is 4.08. The lowest BCUT2D eigenvalue weighted by Crippen LogP contribution is -2.38. The summed E-state index contributed by atoms with van der Waals surface area (Å²) in [4.78, 5) is 12.0. The van der Waals surface area contributed by atoms with Gasteiger partial charge in [-0.05, 0) is 45.4 Å². The van der Waals surface area contributed by atoms with E-state index in [-0.39, 0.29) is 0 Å². The Morgan fingerprint density at radius 2 is 2.10 bits per heavy atom. The normalized spacial score (nSPS) is 22.9. The third kappa shape index (κ3) is 3.05. The fraction of sp³-hybridized carbons (Fsp3) is 0.750. The molecule has 1 N–H and O–H groups in total. The van der Waals surface area contributed by atoms with E-state index in [9.17, 15) is 0 Å². The summed E-state index contributed by atoms with van der Waals surface area (Å²) in [7, 11) is 0. The number of aromatic nitrogens is 2. The average molecular weight is 274 g/mol. The maximum Gasteiger partial charge on any atom is 0.136 e. The molecule has 0 aromatic carbocycles. The minimum absolute atomic E-state index is 0.602. The lowest BCUT2D eigenvalue weighted by molar-refractivity contribution is 0.480. The highest BCUT2D eigenvalue weighted by Gasteiger charge is 2.29. The van der Waals surface area contributed by atoms with Crippen molar-refractivity contribution in [3.63, 3.8) is 0 Å². The van der Waals surface area contributed by atoms with E-state index in [1.54, 1.807) is 0 Å². The molecular formula is C16H26N4. The molecule has 2 heterocycles. The van der Waals surface area contributed by atoms with Gasteiger partial charge in [0, 0.05) is 31.1 Å². The van der Waals surface area contributed by atoms with Crippen molar-refractivity contribution in [3.05, 3.63) is 11.9 Å². The Bertz CT molecular complexity index is 456. The van der Waals surface area contributed by atoms with Crippen molar-refractivity contribution in [3.8, 4) is 0 Å². The van der Waals surface area contributed by atoms with Gasteiger partial charge < -0.3 is 10.2 Å². The van der Waals surface area contributed by atoms with Gasteiger partial charge in [-0.2, -0.15) is 0 Å². The molecule has 1 aromatic rings. The third-order valence-electron chi connectivity index (χ3n) is 4.33. The van der Waals surface area contributed by atoms with E-state index >= 15 is 0 Å². The van der Waals surface area contributed by atoms with Gasteiger partial charge in [0.15, 0.2) is 0 Å². The van der Waals surface area contributed by atoms with Gasteiger partial charge in [0.05, 0.1) is 0 Å². The number of rotatable bonds is 5. The monoisotopic (exact) mass is 274 g/mol. The van der Waals surface area contributed by atoms with Gasteiger partial charge in [-0.3, -0.25) is 0 Å². The van der Waals surface area contributed by atoms with E-state index in [1.807, 2.05) is 0 Å². The largest absolute Gasteiger partial charge is 0.370 e. The second-order valence-corrected chi connectivity index (χ2v) is 6.21. The standard InChI is InChI=1S/C16H26N4/c1-3-9-17-14-11-15(19-16(18-14)13-7-8-13)20-10-5-4-6-12(20)2/h11-13H,3-10H2,1-2H3,(H,17,18,19). The minimum atomic E-state index is 0.602. The molecule has 20 heavy (non-hydrogen) atoms. The quantitative estimate of drug-likeness (QED) is 0.891. The maximum absolute atomic E-state index is 4.85. The van der Waals surface area contributed by atoms with Gasteiger partial charge in [-0.15, -0.1) is 0 Å². The van der Waals surface area contributed by atoms with Gasteiger partial charge in [0.2, 0.25) is 0 Å². The van der Waals surface area contributed by atoms with Crippen LogP contribution in [0.5, 0.6) is 0 Å². The van der Waals surface area contributed by atoms with Gasteiger partial charge in [-0.25, -0.2) is 9.97 Å². The van der Waals surface area contributed by atoms with Crippen LogP contribution in [0.3, 0.4) is 0 Å². The smallest absolute Gasteiger partial charge is 0.136 e. The molecule has 0 radical (unpaired) electrons. The van der Waals surface area contributed by atoms with Crippen LogP contribution in [-0.2, 0) is 0 Å². The summed E-state index contributed by atoms with van der Waals surface area (Å²) in [5.41, 5.74) is 0. The van der Waals surface area contributed by atoms with Gasteiger partial charge in [0.25, 0.3) is 0 Å². The number of nitrogens with one attached hydrogen (secondary N) is 1. The molecule has 1 aliphatic carbocycles. The van der Waals surface area contributed by atoms with Crippen LogP contribution in [0, 0.1) is 0 Å². The first-order valence-corrected chi connectivity index (χ1v) is 8.17. The SMILES string of the molecule is CCCNc1cc(N2CCCCC2C)nc(C2CC2)n1. The van der Waals surface area contributed by atoms with Crippen LogP contribution in [0.25, 0.3) is 0 Å².